The average Bonchev–Trinajstić information content (AvgIpc) is 3.50. The summed E-state index contributed by atoms with van der Waals surface area (Å²) in [4.78, 5) is 25.5. The minimum Gasteiger partial charge on any atom is -0.494 e. The molecule has 1 aliphatic heterocycles. The molecule has 0 spiro atoms. The van der Waals surface area contributed by atoms with Gasteiger partial charge in [-0.3, -0.25) is 10.2 Å². The van der Waals surface area contributed by atoms with E-state index in [0.29, 0.717) is 62.3 Å². The molecule has 1 heterocycles. The van der Waals surface area contributed by atoms with Crippen molar-refractivity contribution in [2.45, 2.75) is 37.6 Å². The number of aliphatic imine (C=N–C) groups is 1. The summed E-state index contributed by atoms with van der Waals surface area (Å²) < 4.78 is 12.3. The topological polar surface area (TPSA) is 190 Å². The molecule has 3 N–H and O–H groups in total. The van der Waals surface area contributed by atoms with Gasteiger partial charge < -0.3 is 14.6 Å². The summed E-state index contributed by atoms with van der Waals surface area (Å²) in [7, 11) is 0. The molecular formula is C34H31Cl2N9O4. The number of carbonyl (C=O) groups excluding carboxylic acids is 1. The summed E-state index contributed by atoms with van der Waals surface area (Å²) >= 11 is 12.4. The van der Waals surface area contributed by atoms with Crippen LogP contribution >= 0.6 is 23.2 Å². The minimum atomic E-state index is -1.67. The van der Waals surface area contributed by atoms with Crippen LogP contribution < -0.4 is 15.6 Å². The quantitative estimate of drug-likeness (QED) is 0.0374. The first-order valence-electron chi connectivity index (χ1n) is 15.2. The lowest BCUT2D eigenvalue weighted by atomic mass is 9.80. The van der Waals surface area contributed by atoms with Crippen molar-refractivity contribution in [2.75, 3.05) is 13.2 Å². The lowest BCUT2D eigenvalue weighted by Crippen LogP contribution is -2.53. The Balaban J connectivity index is 1.61. The maximum atomic E-state index is 14.6. The largest absolute Gasteiger partial charge is 0.494 e. The van der Waals surface area contributed by atoms with Crippen LogP contribution in [0.25, 0.3) is 20.9 Å². The van der Waals surface area contributed by atoms with Gasteiger partial charge in [-0.1, -0.05) is 88.0 Å². The Labute approximate surface area is 291 Å². The molecule has 0 unspecified atom stereocenters. The molecule has 49 heavy (non-hydrogen) atoms. The standard InChI is InChI=1S/C34H31Cl2N9O4/c35-26-13-10-25(29(36)18-26)21-39-43-33(47)34(19-23-6-2-4-9-30(23)42-45-38)31(28-8-3-1-7-24(28)20-40-44-37)49-32(41-34)22-11-14-27(15-12-22)48-17-5-16-46/h1-4,6-15,18,31,39,46H,5,16-17,19-21H2,(H,43,47)/t31-,34-/m0/s1. The van der Waals surface area contributed by atoms with Gasteiger partial charge in [-0.25, -0.2) is 10.4 Å². The van der Waals surface area contributed by atoms with E-state index in [4.69, 9.17) is 48.3 Å². The highest BCUT2D eigenvalue weighted by atomic mass is 35.5. The lowest BCUT2D eigenvalue weighted by Gasteiger charge is -2.32. The van der Waals surface area contributed by atoms with Gasteiger partial charge in [0.25, 0.3) is 5.91 Å². The molecule has 13 nitrogen and oxygen atoms in total. The number of hydrogen-bond acceptors (Lipinski definition) is 8. The van der Waals surface area contributed by atoms with E-state index in [-0.39, 0.29) is 32.0 Å². The molecule has 0 saturated heterocycles. The number of rotatable bonds is 15. The number of nitrogens with one attached hydrogen (secondary N) is 2. The van der Waals surface area contributed by atoms with E-state index >= 15 is 0 Å². The van der Waals surface area contributed by atoms with Crippen molar-refractivity contribution in [1.29, 1.82) is 0 Å². The smallest absolute Gasteiger partial charge is 0.266 e. The van der Waals surface area contributed by atoms with Gasteiger partial charge in [0.15, 0.2) is 11.6 Å². The van der Waals surface area contributed by atoms with Crippen LogP contribution in [0.15, 0.2) is 106 Å². The zero-order valence-electron chi connectivity index (χ0n) is 26.0. The molecule has 0 aromatic heterocycles. The summed E-state index contributed by atoms with van der Waals surface area (Å²) in [6.07, 6.45) is -0.570. The molecule has 0 saturated carbocycles. The van der Waals surface area contributed by atoms with Gasteiger partial charge in [0.05, 0.1) is 13.2 Å². The zero-order chi connectivity index (χ0) is 34.6. The van der Waals surface area contributed by atoms with Gasteiger partial charge in [-0.2, -0.15) is 0 Å². The number of benzene rings is 4. The number of carbonyl (C=O) groups is 1. The normalized spacial score (nSPS) is 16.5. The van der Waals surface area contributed by atoms with E-state index in [1.54, 1.807) is 91.0 Å². The Morgan fingerprint density at radius 1 is 0.980 bits per heavy atom. The highest BCUT2D eigenvalue weighted by Gasteiger charge is 2.54. The summed E-state index contributed by atoms with van der Waals surface area (Å²) in [5, 5.41) is 17.6. The third-order valence-corrected chi connectivity index (χ3v) is 8.36. The Bertz CT molecular complexity index is 1930. The molecule has 250 valence electrons. The first-order valence-corrected chi connectivity index (χ1v) is 15.9. The van der Waals surface area contributed by atoms with Gasteiger partial charge in [-0.05, 0) is 69.7 Å². The van der Waals surface area contributed by atoms with Crippen LogP contribution in [0.3, 0.4) is 0 Å². The number of hydrazine groups is 1. The Kier molecular flexibility index (Phi) is 12.0. The van der Waals surface area contributed by atoms with E-state index in [1.165, 1.54) is 0 Å². The Hall–Kier alpha value is -5.26. The number of aliphatic hydroxyl groups is 1. The van der Waals surface area contributed by atoms with Gasteiger partial charge in [0.2, 0.25) is 5.90 Å². The van der Waals surface area contributed by atoms with Gasteiger partial charge in [0.1, 0.15) is 5.75 Å². The fraction of sp³-hybridized carbons (Fsp3) is 0.235. The average molecular weight is 701 g/mol. The summed E-state index contributed by atoms with van der Waals surface area (Å²) in [5.74, 6) is 0.225. The van der Waals surface area contributed by atoms with Crippen LogP contribution in [0.1, 0.15) is 40.3 Å². The second-order valence-corrected chi connectivity index (χ2v) is 11.8. The molecule has 0 radical (unpaired) electrons. The summed E-state index contributed by atoms with van der Waals surface area (Å²) in [6, 6.07) is 26.2. The number of nitrogens with zero attached hydrogens (tertiary/aromatic N) is 7. The van der Waals surface area contributed by atoms with Crippen molar-refractivity contribution in [3.8, 4) is 5.75 Å². The molecule has 0 fully saturated rings. The number of hydrogen-bond donors (Lipinski definition) is 3. The fourth-order valence-corrected chi connectivity index (χ4v) is 5.87. The third kappa shape index (κ3) is 8.43. The van der Waals surface area contributed by atoms with E-state index in [1.807, 2.05) is 0 Å². The fourth-order valence-electron chi connectivity index (χ4n) is 5.39. The van der Waals surface area contributed by atoms with Crippen molar-refractivity contribution in [3.05, 3.63) is 150 Å². The van der Waals surface area contributed by atoms with Crippen molar-refractivity contribution in [1.82, 2.24) is 10.9 Å². The predicted octanol–water partition coefficient (Wildman–Crippen LogP) is 7.83. The highest BCUT2D eigenvalue weighted by Crippen LogP contribution is 2.44. The molecule has 0 bridgehead atoms. The zero-order valence-corrected chi connectivity index (χ0v) is 27.6. The van der Waals surface area contributed by atoms with Crippen molar-refractivity contribution >= 4 is 40.7 Å². The second-order valence-electron chi connectivity index (χ2n) is 10.9. The Morgan fingerprint density at radius 3 is 2.47 bits per heavy atom. The van der Waals surface area contributed by atoms with Crippen LogP contribution in [0.2, 0.25) is 10.0 Å². The van der Waals surface area contributed by atoms with Crippen molar-refractivity contribution in [3.63, 3.8) is 0 Å². The molecule has 4 aromatic carbocycles. The third-order valence-electron chi connectivity index (χ3n) is 7.77. The van der Waals surface area contributed by atoms with Gasteiger partial charge in [-0.15, -0.1) is 0 Å². The van der Waals surface area contributed by atoms with Crippen molar-refractivity contribution in [2.24, 2.45) is 15.2 Å². The van der Waals surface area contributed by atoms with Crippen LogP contribution in [0.5, 0.6) is 5.75 Å². The molecule has 1 amide bonds. The van der Waals surface area contributed by atoms with Crippen LogP contribution in [-0.4, -0.2) is 35.7 Å². The van der Waals surface area contributed by atoms with Gasteiger partial charge >= 0.3 is 0 Å². The minimum absolute atomic E-state index is 0.00205. The SMILES string of the molecule is [N-]=[N+]=NCc1ccccc1[C@@H]1OC(c2ccc(OCCCO)cc2)=N[C@]1(Cc1ccccc1N=[N+]=[N-])C(=O)NNCc1ccc(Cl)cc1Cl. The van der Waals surface area contributed by atoms with E-state index in [2.05, 4.69) is 30.9 Å². The molecule has 5 rings (SSSR count). The van der Waals surface area contributed by atoms with Gasteiger partial charge in [0, 0.05) is 57.1 Å². The number of halogens is 2. The predicted molar refractivity (Wildman–Crippen MR) is 186 cm³/mol. The monoisotopic (exact) mass is 699 g/mol. The maximum Gasteiger partial charge on any atom is 0.266 e. The summed E-state index contributed by atoms with van der Waals surface area (Å²) in [5.41, 5.74) is 25.9. The number of ether oxygens (including phenoxy) is 2. The molecule has 2 atom stereocenters. The van der Waals surface area contributed by atoms with E-state index in [0.717, 1.165) is 0 Å². The first kappa shape index (κ1) is 35.1. The number of amides is 1. The second kappa shape index (κ2) is 16.7. The lowest BCUT2D eigenvalue weighted by molar-refractivity contribution is -0.130. The maximum absolute atomic E-state index is 14.6. The molecular weight excluding hydrogens is 669 g/mol. The van der Waals surface area contributed by atoms with Crippen LogP contribution in [0, 0.1) is 0 Å². The van der Waals surface area contributed by atoms with Crippen molar-refractivity contribution < 1.29 is 19.4 Å². The molecule has 0 aliphatic carbocycles. The molecule has 1 aliphatic rings. The number of aliphatic hydroxyl groups excluding tert-OH is 1. The Morgan fingerprint density at radius 2 is 1.73 bits per heavy atom. The van der Waals surface area contributed by atoms with E-state index in [9.17, 15) is 10.3 Å². The number of azide groups is 2. The molecule has 4 aromatic rings. The molecule has 15 heteroatoms. The van der Waals surface area contributed by atoms with E-state index < -0.39 is 17.6 Å². The first-order chi connectivity index (χ1) is 23.9. The highest BCUT2D eigenvalue weighted by molar-refractivity contribution is 6.35. The van der Waals surface area contributed by atoms with Crippen LogP contribution in [-0.2, 0) is 29.0 Å². The van der Waals surface area contributed by atoms with Crippen LogP contribution in [0.4, 0.5) is 5.69 Å². The summed E-state index contributed by atoms with van der Waals surface area (Å²) in [6.45, 7) is 0.530.